The number of anilines is 1. The number of nitrogens with zero attached hydrogens (tertiary/aromatic N) is 1. The molecule has 1 heterocycles. The van der Waals surface area contributed by atoms with E-state index in [-0.39, 0.29) is 18.4 Å². The molecule has 0 saturated carbocycles. The Morgan fingerprint density at radius 3 is 2.82 bits per heavy atom. The maximum absolute atomic E-state index is 12.1. The molecule has 3 rings (SSSR count). The first-order valence-corrected chi connectivity index (χ1v) is 9.50. The van der Waals surface area contributed by atoms with Gasteiger partial charge in [0.2, 0.25) is 5.91 Å². The Bertz CT molecular complexity index is 850. The standard InChI is InChI=1S/C22H26N2O4/c1-16-8-9-20(27-2)17(13-16)10-11-23-21(25)15-28-19-6-3-5-18(14-19)24-12-4-7-22(24)26/h3,5-6,8-9,13-14H,4,7,10-12,15H2,1-2H3,(H,23,25). The molecule has 2 aromatic carbocycles. The average Bonchev–Trinajstić information content (AvgIpc) is 3.13. The highest BCUT2D eigenvalue weighted by molar-refractivity contribution is 5.95. The Kier molecular flexibility index (Phi) is 6.53. The van der Waals surface area contributed by atoms with E-state index in [1.54, 1.807) is 24.1 Å². The number of methoxy groups -OCH3 is 1. The quantitative estimate of drug-likeness (QED) is 0.762. The second kappa shape index (κ2) is 9.26. The van der Waals surface area contributed by atoms with E-state index in [0.717, 1.165) is 35.5 Å². The summed E-state index contributed by atoms with van der Waals surface area (Å²) in [6, 6.07) is 13.3. The maximum atomic E-state index is 12.1. The number of carbonyl (C=O) groups is 2. The summed E-state index contributed by atoms with van der Waals surface area (Å²) < 4.78 is 11.0. The molecule has 0 radical (unpaired) electrons. The molecule has 6 heteroatoms. The Balaban J connectivity index is 1.47. The summed E-state index contributed by atoms with van der Waals surface area (Å²) in [6.07, 6.45) is 2.14. The van der Waals surface area contributed by atoms with E-state index in [0.29, 0.717) is 25.1 Å². The van der Waals surface area contributed by atoms with Crippen molar-refractivity contribution in [1.29, 1.82) is 0 Å². The van der Waals surface area contributed by atoms with Crippen LogP contribution in [-0.2, 0) is 16.0 Å². The molecule has 2 aromatic rings. The zero-order valence-electron chi connectivity index (χ0n) is 16.4. The van der Waals surface area contributed by atoms with Crippen LogP contribution in [0, 0.1) is 6.92 Å². The molecular weight excluding hydrogens is 356 g/mol. The molecule has 0 aliphatic carbocycles. The molecule has 2 amide bonds. The van der Waals surface area contributed by atoms with E-state index in [9.17, 15) is 9.59 Å². The molecule has 1 aliphatic heterocycles. The van der Waals surface area contributed by atoms with Gasteiger partial charge in [0.05, 0.1) is 7.11 Å². The van der Waals surface area contributed by atoms with Crippen LogP contribution in [-0.4, -0.2) is 38.6 Å². The number of aryl methyl sites for hydroxylation is 1. The third kappa shape index (κ3) is 5.03. The van der Waals surface area contributed by atoms with Crippen LogP contribution in [0.5, 0.6) is 11.5 Å². The lowest BCUT2D eigenvalue weighted by Gasteiger charge is -2.16. The van der Waals surface area contributed by atoms with E-state index in [2.05, 4.69) is 11.4 Å². The van der Waals surface area contributed by atoms with Gasteiger partial charge in [-0.1, -0.05) is 23.8 Å². The molecular formula is C22H26N2O4. The number of ether oxygens (including phenoxy) is 2. The van der Waals surface area contributed by atoms with E-state index in [4.69, 9.17) is 9.47 Å². The van der Waals surface area contributed by atoms with E-state index in [1.807, 2.05) is 31.2 Å². The highest BCUT2D eigenvalue weighted by atomic mass is 16.5. The summed E-state index contributed by atoms with van der Waals surface area (Å²) in [6.45, 7) is 3.19. The smallest absolute Gasteiger partial charge is 0.257 e. The normalized spacial score (nSPS) is 13.5. The van der Waals surface area contributed by atoms with Gasteiger partial charge in [-0.15, -0.1) is 0 Å². The van der Waals surface area contributed by atoms with Gasteiger partial charge in [-0.2, -0.15) is 0 Å². The van der Waals surface area contributed by atoms with Gasteiger partial charge in [-0.3, -0.25) is 9.59 Å². The lowest BCUT2D eigenvalue weighted by atomic mass is 10.1. The maximum Gasteiger partial charge on any atom is 0.257 e. The van der Waals surface area contributed by atoms with Crippen LogP contribution >= 0.6 is 0 Å². The molecule has 0 aromatic heterocycles. The van der Waals surface area contributed by atoms with Gasteiger partial charge >= 0.3 is 0 Å². The van der Waals surface area contributed by atoms with Gasteiger partial charge < -0.3 is 19.7 Å². The summed E-state index contributed by atoms with van der Waals surface area (Å²) in [5, 5.41) is 2.86. The lowest BCUT2D eigenvalue weighted by molar-refractivity contribution is -0.123. The van der Waals surface area contributed by atoms with Crippen molar-refractivity contribution in [2.24, 2.45) is 0 Å². The average molecular weight is 382 g/mol. The zero-order chi connectivity index (χ0) is 19.9. The van der Waals surface area contributed by atoms with Gasteiger partial charge in [0.15, 0.2) is 6.61 Å². The topological polar surface area (TPSA) is 67.9 Å². The Hall–Kier alpha value is -3.02. The van der Waals surface area contributed by atoms with Gasteiger partial charge in [0.1, 0.15) is 11.5 Å². The highest BCUT2D eigenvalue weighted by Crippen LogP contribution is 2.25. The van der Waals surface area contributed by atoms with Crippen LogP contribution in [0.15, 0.2) is 42.5 Å². The van der Waals surface area contributed by atoms with Crippen molar-refractivity contribution in [3.63, 3.8) is 0 Å². The van der Waals surface area contributed by atoms with Crippen molar-refractivity contribution in [1.82, 2.24) is 5.32 Å². The number of rotatable bonds is 8. The third-order valence-corrected chi connectivity index (χ3v) is 4.73. The van der Waals surface area contributed by atoms with E-state index >= 15 is 0 Å². The SMILES string of the molecule is COc1ccc(C)cc1CCNC(=O)COc1cccc(N2CCCC2=O)c1. The summed E-state index contributed by atoms with van der Waals surface area (Å²) in [5.74, 6) is 1.34. The minimum atomic E-state index is -0.186. The monoisotopic (exact) mass is 382 g/mol. The van der Waals surface area contributed by atoms with Crippen LogP contribution in [0.25, 0.3) is 0 Å². The molecule has 28 heavy (non-hydrogen) atoms. The van der Waals surface area contributed by atoms with Crippen molar-refractivity contribution < 1.29 is 19.1 Å². The minimum absolute atomic E-state index is 0.0671. The van der Waals surface area contributed by atoms with Crippen molar-refractivity contribution in [2.75, 3.05) is 31.7 Å². The van der Waals surface area contributed by atoms with E-state index in [1.165, 1.54) is 0 Å². The van der Waals surface area contributed by atoms with Crippen molar-refractivity contribution in [3.8, 4) is 11.5 Å². The van der Waals surface area contributed by atoms with Gasteiger partial charge in [0, 0.05) is 31.3 Å². The van der Waals surface area contributed by atoms with Gasteiger partial charge in [-0.05, 0) is 43.5 Å². The molecule has 148 valence electrons. The van der Waals surface area contributed by atoms with Crippen LogP contribution in [0.2, 0.25) is 0 Å². The molecule has 1 N–H and O–H groups in total. The first-order chi connectivity index (χ1) is 13.6. The first-order valence-electron chi connectivity index (χ1n) is 9.50. The summed E-state index contributed by atoms with van der Waals surface area (Å²) in [5.41, 5.74) is 3.03. The Labute approximate surface area is 165 Å². The Morgan fingerprint density at radius 2 is 2.07 bits per heavy atom. The number of hydrogen-bond acceptors (Lipinski definition) is 4. The molecule has 0 unspecified atom stereocenters. The number of carbonyl (C=O) groups excluding carboxylic acids is 2. The lowest BCUT2D eigenvalue weighted by Crippen LogP contribution is -2.30. The summed E-state index contributed by atoms with van der Waals surface area (Å²) in [4.78, 5) is 25.7. The molecule has 1 saturated heterocycles. The molecule has 0 bridgehead atoms. The second-order valence-electron chi connectivity index (χ2n) is 6.85. The van der Waals surface area contributed by atoms with E-state index < -0.39 is 0 Å². The van der Waals surface area contributed by atoms with Crippen LogP contribution in [0.1, 0.15) is 24.0 Å². The van der Waals surface area contributed by atoms with Crippen molar-refractivity contribution in [2.45, 2.75) is 26.2 Å². The number of hydrogen-bond donors (Lipinski definition) is 1. The number of amides is 2. The Morgan fingerprint density at radius 1 is 1.21 bits per heavy atom. The first kappa shape index (κ1) is 19.7. The second-order valence-corrected chi connectivity index (χ2v) is 6.85. The number of nitrogens with one attached hydrogen (secondary N) is 1. The van der Waals surface area contributed by atoms with Gasteiger partial charge in [0.25, 0.3) is 5.91 Å². The fourth-order valence-electron chi connectivity index (χ4n) is 3.30. The number of benzene rings is 2. The minimum Gasteiger partial charge on any atom is -0.496 e. The molecule has 0 atom stereocenters. The highest BCUT2D eigenvalue weighted by Gasteiger charge is 2.21. The fraction of sp³-hybridized carbons (Fsp3) is 0.364. The fourth-order valence-corrected chi connectivity index (χ4v) is 3.30. The van der Waals surface area contributed by atoms with Crippen molar-refractivity contribution in [3.05, 3.63) is 53.6 Å². The van der Waals surface area contributed by atoms with Crippen molar-refractivity contribution >= 4 is 17.5 Å². The predicted molar refractivity (Wildman–Crippen MR) is 108 cm³/mol. The third-order valence-electron chi connectivity index (χ3n) is 4.73. The predicted octanol–water partition coefficient (Wildman–Crippen LogP) is 2.87. The van der Waals surface area contributed by atoms with Gasteiger partial charge in [-0.25, -0.2) is 0 Å². The molecule has 1 fully saturated rings. The van der Waals surface area contributed by atoms with Crippen LogP contribution < -0.4 is 19.7 Å². The summed E-state index contributed by atoms with van der Waals surface area (Å²) >= 11 is 0. The zero-order valence-corrected chi connectivity index (χ0v) is 16.4. The largest absolute Gasteiger partial charge is 0.496 e. The summed E-state index contributed by atoms with van der Waals surface area (Å²) in [7, 11) is 1.64. The molecule has 6 nitrogen and oxygen atoms in total. The molecule has 0 spiro atoms. The van der Waals surface area contributed by atoms with Crippen LogP contribution in [0.3, 0.4) is 0 Å². The molecule has 1 aliphatic rings. The van der Waals surface area contributed by atoms with Crippen LogP contribution in [0.4, 0.5) is 5.69 Å².